The summed E-state index contributed by atoms with van der Waals surface area (Å²) in [4.78, 5) is 3.79. The summed E-state index contributed by atoms with van der Waals surface area (Å²) in [6, 6.07) is 1.56. The maximum absolute atomic E-state index is 13.1. The molecule has 0 atom stereocenters. The maximum atomic E-state index is 13.1. The SMILES string of the molecule is Cc1nn2ccc(Cl)nc2c1F. The molecule has 5 heteroatoms. The topological polar surface area (TPSA) is 30.2 Å². The Bertz CT molecular complexity index is 437. The third kappa shape index (κ3) is 0.956. The molecule has 0 bridgehead atoms. The van der Waals surface area contributed by atoms with Gasteiger partial charge in [-0.25, -0.2) is 13.9 Å². The number of aromatic nitrogens is 3. The standard InChI is InChI=1S/C7H5ClFN3/c1-4-6(9)7-10-5(8)2-3-12(7)11-4/h2-3H,1H3. The minimum atomic E-state index is -0.419. The highest BCUT2D eigenvalue weighted by atomic mass is 35.5. The summed E-state index contributed by atoms with van der Waals surface area (Å²) < 4.78 is 14.5. The maximum Gasteiger partial charge on any atom is 0.193 e. The van der Waals surface area contributed by atoms with Gasteiger partial charge in [-0.05, 0) is 13.0 Å². The van der Waals surface area contributed by atoms with Crippen LogP contribution in [0.25, 0.3) is 5.65 Å². The van der Waals surface area contributed by atoms with Crippen molar-refractivity contribution in [2.75, 3.05) is 0 Å². The Morgan fingerprint density at radius 1 is 1.58 bits per heavy atom. The fraction of sp³-hybridized carbons (Fsp3) is 0.143. The molecule has 2 heterocycles. The number of halogens is 2. The van der Waals surface area contributed by atoms with Crippen molar-refractivity contribution in [3.8, 4) is 0 Å². The molecule has 62 valence electrons. The Labute approximate surface area is 72.8 Å². The molecule has 0 aliphatic rings. The van der Waals surface area contributed by atoms with Crippen molar-refractivity contribution in [3.63, 3.8) is 0 Å². The van der Waals surface area contributed by atoms with E-state index < -0.39 is 5.82 Å². The number of hydrogen-bond acceptors (Lipinski definition) is 2. The van der Waals surface area contributed by atoms with Crippen molar-refractivity contribution in [1.82, 2.24) is 14.6 Å². The van der Waals surface area contributed by atoms with E-state index in [2.05, 4.69) is 10.1 Å². The average molecular weight is 186 g/mol. The molecule has 2 aromatic heterocycles. The van der Waals surface area contributed by atoms with E-state index in [0.717, 1.165) is 0 Å². The lowest BCUT2D eigenvalue weighted by Crippen LogP contribution is -1.89. The van der Waals surface area contributed by atoms with E-state index in [1.54, 1.807) is 19.2 Å². The van der Waals surface area contributed by atoms with Gasteiger partial charge in [0.25, 0.3) is 0 Å². The Morgan fingerprint density at radius 2 is 2.33 bits per heavy atom. The van der Waals surface area contributed by atoms with E-state index in [4.69, 9.17) is 11.6 Å². The van der Waals surface area contributed by atoms with E-state index in [1.807, 2.05) is 0 Å². The van der Waals surface area contributed by atoms with Gasteiger partial charge in [0.05, 0.1) is 5.69 Å². The normalized spacial score (nSPS) is 10.9. The van der Waals surface area contributed by atoms with Crippen LogP contribution >= 0.6 is 11.6 Å². The molecule has 12 heavy (non-hydrogen) atoms. The van der Waals surface area contributed by atoms with Crippen molar-refractivity contribution in [2.24, 2.45) is 0 Å². The molecule has 3 nitrogen and oxygen atoms in total. The fourth-order valence-corrected chi connectivity index (χ4v) is 1.13. The number of aryl methyl sites for hydroxylation is 1. The zero-order valence-electron chi connectivity index (χ0n) is 6.25. The molecule has 0 amide bonds. The van der Waals surface area contributed by atoms with Crippen LogP contribution in [0.1, 0.15) is 5.69 Å². The van der Waals surface area contributed by atoms with Gasteiger partial charge in [0, 0.05) is 6.20 Å². The van der Waals surface area contributed by atoms with E-state index in [-0.39, 0.29) is 10.8 Å². The predicted octanol–water partition coefficient (Wildman–Crippen LogP) is 1.83. The van der Waals surface area contributed by atoms with Crippen LogP contribution in [0.3, 0.4) is 0 Å². The van der Waals surface area contributed by atoms with Crippen LogP contribution in [0.15, 0.2) is 12.3 Å². The molecule has 0 radical (unpaired) electrons. The molecule has 2 aromatic rings. The zero-order valence-corrected chi connectivity index (χ0v) is 7.01. The molecule has 2 rings (SSSR count). The Hall–Kier alpha value is -1.16. The second kappa shape index (κ2) is 2.42. The van der Waals surface area contributed by atoms with Gasteiger partial charge in [0.1, 0.15) is 5.15 Å². The van der Waals surface area contributed by atoms with Crippen LogP contribution in [0.4, 0.5) is 4.39 Å². The molecule has 0 N–H and O–H groups in total. The molecular weight excluding hydrogens is 181 g/mol. The highest BCUT2D eigenvalue weighted by Gasteiger charge is 2.09. The zero-order chi connectivity index (χ0) is 8.72. The van der Waals surface area contributed by atoms with E-state index >= 15 is 0 Å². The number of hydrogen-bond donors (Lipinski definition) is 0. The summed E-state index contributed by atoms with van der Waals surface area (Å²) in [7, 11) is 0. The van der Waals surface area contributed by atoms with Gasteiger partial charge >= 0.3 is 0 Å². The third-order valence-electron chi connectivity index (χ3n) is 1.55. The largest absolute Gasteiger partial charge is 0.219 e. The lowest BCUT2D eigenvalue weighted by molar-refractivity contribution is 0.626. The van der Waals surface area contributed by atoms with Gasteiger partial charge in [-0.1, -0.05) is 11.6 Å². The van der Waals surface area contributed by atoms with Gasteiger partial charge in [-0.3, -0.25) is 0 Å². The summed E-state index contributed by atoms with van der Waals surface area (Å²) in [5.74, 6) is -0.419. The predicted molar refractivity (Wildman–Crippen MR) is 42.7 cm³/mol. The van der Waals surface area contributed by atoms with E-state index in [9.17, 15) is 4.39 Å². The summed E-state index contributed by atoms with van der Waals surface area (Å²) in [6.07, 6.45) is 1.57. The lowest BCUT2D eigenvalue weighted by Gasteiger charge is -1.90. The third-order valence-corrected chi connectivity index (χ3v) is 1.77. The molecule has 0 aromatic carbocycles. The van der Waals surface area contributed by atoms with E-state index in [0.29, 0.717) is 5.69 Å². The first-order valence-electron chi connectivity index (χ1n) is 3.35. The van der Waals surface area contributed by atoms with Crippen LogP contribution in [-0.2, 0) is 0 Å². The van der Waals surface area contributed by atoms with Gasteiger partial charge in [0.2, 0.25) is 0 Å². The fourth-order valence-electron chi connectivity index (χ4n) is 0.990. The number of rotatable bonds is 0. The Balaban J connectivity index is 2.88. The van der Waals surface area contributed by atoms with Crippen LogP contribution in [0.5, 0.6) is 0 Å². The second-order valence-corrected chi connectivity index (χ2v) is 2.81. The molecule has 0 spiro atoms. The Kier molecular flexibility index (Phi) is 1.51. The number of nitrogens with zero attached hydrogens (tertiary/aromatic N) is 3. The number of fused-ring (bicyclic) bond motifs is 1. The van der Waals surface area contributed by atoms with Crippen molar-refractivity contribution >= 4 is 17.2 Å². The van der Waals surface area contributed by atoms with Crippen molar-refractivity contribution < 1.29 is 4.39 Å². The van der Waals surface area contributed by atoms with E-state index in [1.165, 1.54) is 4.52 Å². The highest BCUT2D eigenvalue weighted by Crippen LogP contribution is 2.12. The molecule has 0 fully saturated rings. The van der Waals surface area contributed by atoms with Crippen LogP contribution in [0.2, 0.25) is 5.15 Å². The summed E-state index contributed by atoms with van der Waals surface area (Å²) in [6.45, 7) is 1.58. The summed E-state index contributed by atoms with van der Waals surface area (Å²) in [5, 5.41) is 4.14. The first kappa shape index (κ1) is 7.49. The molecule has 0 aliphatic carbocycles. The summed E-state index contributed by atoms with van der Waals surface area (Å²) >= 11 is 5.58. The second-order valence-electron chi connectivity index (χ2n) is 2.42. The van der Waals surface area contributed by atoms with Crippen LogP contribution in [0, 0.1) is 12.7 Å². The van der Waals surface area contributed by atoms with Crippen molar-refractivity contribution in [3.05, 3.63) is 28.9 Å². The van der Waals surface area contributed by atoms with Crippen molar-refractivity contribution in [1.29, 1.82) is 0 Å². The van der Waals surface area contributed by atoms with Gasteiger partial charge in [0.15, 0.2) is 11.5 Å². The minimum absolute atomic E-state index is 0.167. The molecule has 0 saturated carbocycles. The monoisotopic (exact) mass is 185 g/mol. The smallest absolute Gasteiger partial charge is 0.193 e. The van der Waals surface area contributed by atoms with Gasteiger partial charge in [-0.2, -0.15) is 5.10 Å². The minimum Gasteiger partial charge on any atom is -0.219 e. The lowest BCUT2D eigenvalue weighted by atomic mass is 10.4. The highest BCUT2D eigenvalue weighted by molar-refractivity contribution is 6.29. The Morgan fingerprint density at radius 3 is 3.08 bits per heavy atom. The van der Waals surface area contributed by atoms with Crippen LogP contribution in [-0.4, -0.2) is 14.6 Å². The molecule has 0 aliphatic heterocycles. The molecule has 0 saturated heterocycles. The quantitative estimate of drug-likeness (QED) is 0.587. The van der Waals surface area contributed by atoms with Crippen molar-refractivity contribution in [2.45, 2.75) is 6.92 Å². The molecule has 0 unspecified atom stereocenters. The first-order chi connectivity index (χ1) is 5.68. The first-order valence-corrected chi connectivity index (χ1v) is 3.73. The average Bonchev–Trinajstić information content (AvgIpc) is 2.31. The molecular formula is C7H5ClFN3. The van der Waals surface area contributed by atoms with Crippen LogP contribution < -0.4 is 0 Å². The summed E-state index contributed by atoms with van der Waals surface area (Å²) in [5.41, 5.74) is 0.491. The van der Waals surface area contributed by atoms with Gasteiger partial charge < -0.3 is 0 Å². The van der Waals surface area contributed by atoms with Gasteiger partial charge in [-0.15, -0.1) is 0 Å².